The van der Waals surface area contributed by atoms with Crippen LogP contribution < -0.4 is 5.32 Å². The maximum absolute atomic E-state index is 12.2. The molecular weight excluding hydrogens is 294 g/mol. The maximum Gasteiger partial charge on any atom is 0.270 e. The Kier molecular flexibility index (Phi) is 4.18. The molecule has 0 aliphatic heterocycles. The number of aromatic nitrogens is 1. The lowest BCUT2D eigenvalue weighted by atomic mass is 10.1. The third-order valence-electron chi connectivity index (χ3n) is 2.95. The lowest BCUT2D eigenvalue weighted by molar-refractivity contribution is -0.384. The summed E-state index contributed by atoms with van der Waals surface area (Å²) in [7, 11) is 0. The van der Waals surface area contributed by atoms with Crippen LogP contribution >= 0.6 is 11.6 Å². The Morgan fingerprint density at radius 3 is 2.62 bits per heavy atom. The summed E-state index contributed by atoms with van der Waals surface area (Å²) in [6.07, 6.45) is 1.43. The number of anilines is 1. The summed E-state index contributed by atoms with van der Waals surface area (Å²) in [6.45, 7) is 3.48. The van der Waals surface area contributed by atoms with E-state index in [2.05, 4.69) is 10.3 Å². The van der Waals surface area contributed by atoms with Gasteiger partial charge in [0.1, 0.15) is 5.15 Å². The molecule has 0 fully saturated rings. The van der Waals surface area contributed by atoms with E-state index in [1.165, 1.54) is 18.3 Å². The van der Waals surface area contributed by atoms with E-state index in [4.69, 9.17) is 11.6 Å². The molecule has 0 aliphatic rings. The van der Waals surface area contributed by atoms with Gasteiger partial charge in [0, 0.05) is 17.7 Å². The van der Waals surface area contributed by atoms with Crippen molar-refractivity contribution in [3.05, 3.63) is 62.4 Å². The van der Waals surface area contributed by atoms with Crippen molar-refractivity contribution in [2.45, 2.75) is 13.8 Å². The predicted octanol–water partition coefficient (Wildman–Crippen LogP) is 3.51. The van der Waals surface area contributed by atoms with E-state index in [0.29, 0.717) is 16.4 Å². The van der Waals surface area contributed by atoms with Crippen molar-refractivity contribution in [1.82, 2.24) is 4.98 Å². The number of aryl methyl sites for hydroxylation is 2. The molecule has 21 heavy (non-hydrogen) atoms. The monoisotopic (exact) mass is 305 g/mol. The number of hydrogen-bond donors (Lipinski definition) is 1. The fourth-order valence-electron chi connectivity index (χ4n) is 1.79. The van der Waals surface area contributed by atoms with Crippen molar-refractivity contribution in [3.63, 3.8) is 0 Å². The van der Waals surface area contributed by atoms with Gasteiger partial charge in [0.25, 0.3) is 11.6 Å². The van der Waals surface area contributed by atoms with Gasteiger partial charge in [0.05, 0.1) is 16.8 Å². The number of carbonyl (C=O) groups excluding carboxylic acids is 1. The van der Waals surface area contributed by atoms with Gasteiger partial charge in [-0.1, -0.05) is 17.7 Å². The highest BCUT2D eigenvalue weighted by Crippen LogP contribution is 2.20. The topological polar surface area (TPSA) is 85.1 Å². The zero-order valence-corrected chi connectivity index (χ0v) is 12.1. The Labute approximate surface area is 125 Å². The first-order valence-corrected chi connectivity index (χ1v) is 6.45. The van der Waals surface area contributed by atoms with Crippen LogP contribution in [0, 0.1) is 24.0 Å². The number of nitrogens with one attached hydrogen (secondary N) is 1. The van der Waals surface area contributed by atoms with Gasteiger partial charge in [-0.25, -0.2) is 4.98 Å². The highest BCUT2D eigenvalue weighted by Gasteiger charge is 2.15. The summed E-state index contributed by atoms with van der Waals surface area (Å²) in [5.74, 6) is -0.431. The molecular formula is C14H12ClN3O3. The van der Waals surface area contributed by atoms with Crippen LogP contribution in [0.5, 0.6) is 0 Å². The number of benzene rings is 1. The molecule has 0 aliphatic carbocycles. The average Bonchev–Trinajstić information content (AvgIpc) is 2.43. The van der Waals surface area contributed by atoms with Crippen LogP contribution in [-0.4, -0.2) is 15.8 Å². The minimum absolute atomic E-state index is 0.129. The molecule has 0 saturated carbocycles. The van der Waals surface area contributed by atoms with Crippen LogP contribution in [0.1, 0.15) is 21.5 Å². The van der Waals surface area contributed by atoms with Crippen molar-refractivity contribution in [2.75, 3.05) is 5.32 Å². The zero-order valence-electron chi connectivity index (χ0n) is 11.4. The number of nitrogens with zero attached hydrogens (tertiary/aromatic N) is 2. The van der Waals surface area contributed by atoms with E-state index < -0.39 is 10.8 Å². The van der Waals surface area contributed by atoms with Crippen LogP contribution in [0.25, 0.3) is 0 Å². The number of halogens is 1. The van der Waals surface area contributed by atoms with Gasteiger partial charge in [-0.05, 0) is 31.0 Å². The molecule has 1 amide bonds. The van der Waals surface area contributed by atoms with E-state index in [1.54, 1.807) is 26.0 Å². The number of nitro benzene ring substituents is 1. The van der Waals surface area contributed by atoms with Gasteiger partial charge >= 0.3 is 0 Å². The number of amides is 1. The number of carbonyl (C=O) groups is 1. The Morgan fingerprint density at radius 1 is 1.29 bits per heavy atom. The molecule has 0 spiro atoms. The van der Waals surface area contributed by atoms with Gasteiger partial charge < -0.3 is 5.32 Å². The molecule has 108 valence electrons. The van der Waals surface area contributed by atoms with Gasteiger partial charge in [-0.3, -0.25) is 14.9 Å². The van der Waals surface area contributed by atoms with E-state index in [-0.39, 0.29) is 11.3 Å². The van der Waals surface area contributed by atoms with Crippen LogP contribution in [0.4, 0.5) is 11.4 Å². The summed E-state index contributed by atoms with van der Waals surface area (Å²) < 4.78 is 0. The van der Waals surface area contributed by atoms with Crippen molar-refractivity contribution >= 4 is 28.9 Å². The highest BCUT2D eigenvalue weighted by atomic mass is 35.5. The Morgan fingerprint density at radius 2 is 2.00 bits per heavy atom. The van der Waals surface area contributed by atoms with Gasteiger partial charge in [0.15, 0.2) is 0 Å². The summed E-state index contributed by atoms with van der Waals surface area (Å²) in [4.78, 5) is 26.4. The van der Waals surface area contributed by atoms with Crippen molar-refractivity contribution in [3.8, 4) is 0 Å². The second-order valence-electron chi connectivity index (χ2n) is 4.54. The van der Waals surface area contributed by atoms with Crippen molar-refractivity contribution < 1.29 is 9.72 Å². The summed E-state index contributed by atoms with van der Waals surface area (Å²) in [6, 6.07) is 5.83. The van der Waals surface area contributed by atoms with E-state index in [1.807, 2.05) is 0 Å². The molecule has 6 nitrogen and oxygen atoms in total. The Balaban J connectivity index is 2.29. The standard InChI is InChI=1S/C14H12ClN3O3/c1-8-3-4-11(18(20)21)6-12(8)14(19)17-10-5-9(2)13(15)16-7-10/h3-7H,1-2H3,(H,17,19). The van der Waals surface area contributed by atoms with E-state index in [0.717, 1.165) is 5.56 Å². The van der Waals surface area contributed by atoms with Crippen molar-refractivity contribution in [2.24, 2.45) is 0 Å². The highest BCUT2D eigenvalue weighted by molar-refractivity contribution is 6.30. The van der Waals surface area contributed by atoms with E-state index in [9.17, 15) is 14.9 Å². The smallest absolute Gasteiger partial charge is 0.270 e. The summed E-state index contributed by atoms with van der Waals surface area (Å²) in [5, 5.41) is 13.8. The maximum atomic E-state index is 12.2. The van der Waals surface area contributed by atoms with Gasteiger partial charge in [0.2, 0.25) is 0 Å². The van der Waals surface area contributed by atoms with Crippen LogP contribution in [0.3, 0.4) is 0 Å². The number of non-ortho nitro benzene ring substituents is 1. The minimum atomic E-state index is -0.537. The average molecular weight is 306 g/mol. The van der Waals surface area contributed by atoms with E-state index >= 15 is 0 Å². The van der Waals surface area contributed by atoms with Crippen LogP contribution in [-0.2, 0) is 0 Å². The number of hydrogen-bond acceptors (Lipinski definition) is 4. The second kappa shape index (κ2) is 5.88. The Bertz CT molecular complexity index is 731. The molecule has 1 N–H and O–H groups in total. The molecule has 2 aromatic rings. The van der Waals surface area contributed by atoms with Crippen LogP contribution in [0.15, 0.2) is 30.5 Å². The third kappa shape index (κ3) is 3.35. The first-order chi connectivity index (χ1) is 9.88. The first kappa shape index (κ1) is 14.9. The molecule has 0 saturated heterocycles. The molecule has 1 heterocycles. The number of rotatable bonds is 3. The fraction of sp³-hybridized carbons (Fsp3) is 0.143. The lowest BCUT2D eigenvalue weighted by Gasteiger charge is -2.08. The molecule has 0 atom stereocenters. The van der Waals surface area contributed by atoms with Gasteiger partial charge in [-0.15, -0.1) is 0 Å². The molecule has 7 heteroatoms. The van der Waals surface area contributed by atoms with Gasteiger partial charge in [-0.2, -0.15) is 0 Å². The summed E-state index contributed by atoms with van der Waals surface area (Å²) >= 11 is 5.82. The first-order valence-electron chi connectivity index (χ1n) is 6.07. The molecule has 0 bridgehead atoms. The second-order valence-corrected chi connectivity index (χ2v) is 4.90. The quantitative estimate of drug-likeness (QED) is 0.534. The molecule has 0 radical (unpaired) electrons. The normalized spacial score (nSPS) is 10.2. The number of nitro groups is 1. The SMILES string of the molecule is Cc1ccc([N+](=O)[O-])cc1C(=O)Nc1cnc(Cl)c(C)c1. The zero-order chi connectivity index (χ0) is 15.6. The molecule has 1 aromatic carbocycles. The van der Waals surface area contributed by atoms with Crippen LogP contribution in [0.2, 0.25) is 5.15 Å². The lowest BCUT2D eigenvalue weighted by Crippen LogP contribution is -2.14. The fourth-order valence-corrected chi connectivity index (χ4v) is 1.90. The van der Waals surface area contributed by atoms with Crippen molar-refractivity contribution in [1.29, 1.82) is 0 Å². The third-order valence-corrected chi connectivity index (χ3v) is 3.34. The largest absolute Gasteiger partial charge is 0.321 e. The molecule has 2 rings (SSSR count). The molecule has 0 unspecified atom stereocenters. The summed E-state index contributed by atoms with van der Waals surface area (Å²) in [5.41, 5.74) is 1.97. The molecule has 1 aromatic heterocycles. The number of pyridine rings is 1. The Hall–Kier alpha value is -2.47. The predicted molar refractivity (Wildman–Crippen MR) is 79.8 cm³/mol. The minimum Gasteiger partial charge on any atom is -0.321 e.